The number of thiophene rings is 2. The van der Waals surface area contributed by atoms with Crippen LogP contribution in [0.4, 0.5) is 27.5 Å². The van der Waals surface area contributed by atoms with Gasteiger partial charge in [-0.3, -0.25) is 14.9 Å². The number of hydrogen-bond acceptors (Lipinski definition) is 11. The molecule has 0 bridgehead atoms. The normalized spacial score (nSPS) is 11.2. The first-order chi connectivity index (χ1) is 28.2. The van der Waals surface area contributed by atoms with E-state index in [-0.39, 0.29) is 20.7 Å². The molecule has 0 aliphatic carbocycles. The van der Waals surface area contributed by atoms with Gasteiger partial charge in [0.2, 0.25) is 20.0 Å². The number of ether oxygens (including phenoxy) is 1. The molecule has 9 N–H and O–H groups in total. The molecule has 0 saturated heterocycles. The second-order valence-corrected chi connectivity index (χ2v) is 19.1. The lowest BCUT2D eigenvalue weighted by molar-refractivity contribution is 0.0635. The fraction of sp³-hybridized carbons (Fsp3) is 0.125. The van der Waals surface area contributed by atoms with Crippen LogP contribution in [0.3, 0.4) is 0 Å². The predicted molar refractivity (Wildman–Crippen MR) is 242 cm³/mol. The topological polar surface area (TPSA) is 243 Å². The number of nitrogen functional groups attached to an aromatic ring is 1. The highest BCUT2D eigenvalue weighted by molar-refractivity contribution is 7.89. The van der Waals surface area contributed by atoms with Crippen molar-refractivity contribution < 1.29 is 36.0 Å². The fourth-order valence-corrected chi connectivity index (χ4v) is 7.49. The number of halogens is 2. The van der Waals surface area contributed by atoms with Crippen LogP contribution in [0.25, 0.3) is 20.9 Å². The summed E-state index contributed by atoms with van der Waals surface area (Å²) in [5.74, 6) is -0.877. The van der Waals surface area contributed by atoms with Gasteiger partial charge in [0, 0.05) is 20.9 Å². The molecule has 0 aliphatic rings. The molecular weight excluding hydrogens is 892 g/mol. The van der Waals surface area contributed by atoms with Gasteiger partial charge in [-0.15, -0.1) is 45.9 Å². The van der Waals surface area contributed by atoms with Crippen molar-refractivity contribution in [2.45, 2.75) is 36.2 Å². The largest absolute Gasteiger partial charge is 0.444 e. The fourth-order valence-electron chi connectivity index (χ4n) is 5.01. The third kappa shape index (κ3) is 14.2. The van der Waals surface area contributed by atoms with Gasteiger partial charge in [0.1, 0.15) is 5.60 Å². The summed E-state index contributed by atoms with van der Waals surface area (Å²) in [4.78, 5) is 39.4. The van der Waals surface area contributed by atoms with Crippen LogP contribution in [-0.4, -0.2) is 45.7 Å². The van der Waals surface area contributed by atoms with Crippen molar-refractivity contribution in [2.24, 2.45) is 10.3 Å². The second kappa shape index (κ2) is 20.8. The number of alkyl halides is 2. The summed E-state index contributed by atoms with van der Waals surface area (Å²) < 4.78 is 50.7. The van der Waals surface area contributed by atoms with Gasteiger partial charge in [0.15, 0.2) is 0 Å². The number of benzene rings is 4. The first-order valence-corrected chi connectivity index (χ1v) is 23.2. The minimum Gasteiger partial charge on any atom is -0.444 e. The Morgan fingerprint density at radius 3 is 1.43 bits per heavy atom. The third-order valence-electron chi connectivity index (χ3n) is 7.71. The first-order valence-electron chi connectivity index (χ1n) is 17.3. The molecule has 0 aliphatic heterocycles. The SMILES string of the molecule is CC(C)(C)OC(=O)Nc1ccc(-c2cccs2)cc1NC(=O)c1ccc(S(N)(=O)=O)cc1.ClCCl.Nc1ccc(-c2cccs2)cc1NC(=O)c1ccc(S(N)(=O)=O)cc1. The quantitative estimate of drug-likeness (QED) is 0.0598. The second-order valence-electron chi connectivity index (χ2n) is 13.3. The number of sulfonamides is 2. The van der Waals surface area contributed by atoms with E-state index in [4.69, 9.17) is 44.0 Å². The van der Waals surface area contributed by atoms with Gasteiger partial charge in [-0.05, 0) is 128 Å². The standard InChI is InChI=1S/C22H23N3O5S2.C17H15N3O3S2.CH2Cl2/c1-22(2,3)30-21(27)25-17-11-8-15(19-5-4-12-31-19)13-18(17)24-20(26)14-6-9-16(10-7-14)32(23,28)29;18-14-8-5-12(16-2-1-9-24-16)10-15(14)20-17(21)11-3-6-13(7-4-11)25(19,22)23;2-1-3/h4-13H,1-3H3,(H,24,26)(H,25,27)(H2,23,28,29);1-10H,18H2,(H,20,21)(H2,19,22,23);1H2. The van der Waals surface area contributed by atoms with Crippen molar-refractivity contribution in [1.82, 2.24) is 0 Å². The maximum absolute atomic E-state index is 12.8. The van der Waals surface area contributed by atoms with E-state index in [0.717, 1.165) is 20.9 Å². The Kier molecular flexibility index (Phi) is 16.4. The van der Waals surface area contributed by atoms with Crippen LogP contribution in [0.2, 0.25) is 0 Å². The van der Waals surface area contributed by atoms with E-state index in [1.165, 1.54) is 59.9 Å². The zero-order valence-corrected chi connectivity index (χ0v) is 36.9. The van der Waals surface area contributed by atoms with Gasteiger partial charge in [0.25, 0.3) is 11.8 Å². The summed E-state index contributed by atoms with van der Waals surface area (Å²) in [7, 11) is -7.65. The number of hydrogen-bond donors (Lipinski definition) is 6. The van der Waals surface area contributed by atoms with E-state index >= 15 is 0 Å². The Labute approximate surface area is 365 Å². The Balaban J connectivity index is 0.000000255. The smallest absolute Gasteiger partial charge is 0.412 e. The van der Waals surface area contributed by atoms with Crippen LogP contribution < -0.4 is 32.0 Å². The lowest BCUT2D eigenvalue weighted by Crippen LogP contribution is -2.27. The molecule has 0 radical (unpaired) electrons. The average molecular weight is 932 g/mol. The molecule has 14 nitrogen and oxygen atoms in total. The molecule has 6 rings (SSSR count). The van der Waals surface area contributed by atoms with Crippen molar-refractivity contribution >= 4 is 107 Å². The Hall–Kier alpha value is -5.31. The third-order valence-corrected chi connectivity index (χ3v) is 11.4. The first kappa shape index (κ1) is 47.4. The van der Waals surface area contributed by atoms with E-state index in [0.29, 0.717) is 28.3 Å². The zero-order valence-electron chi connectivity index (χ0n) is 32.1. The molecule has 0 spiro atoms. The van der Waals surface area contributed by atoms with Crippen molar-refractivity contribution in [3.63, 3.8) is 0 Å². The summed E-state index contributed by atoms with van der Waals surface area (Å²) in [5, 5.41) is 22.4. The lowest BCUT2D eigenvalue weighted by atomic mass is 10.1. The average Bonchev–Trinajstić information content (AvgIpc) is 3.92. The molecule has 0 atom stereocenters. The Morgan fingerprint density at radius 2 is 1.03 bits per heavy atom. The summed E-state index contributed by atoms with van der Waals surface area (Å²) in [6.45, 7) is 5.25. The monoisotopic (exact) mass is 930 g/mol. The van der Waals surface area contributed by atoms with Crippen LogP contribution in [0.1, 0.15) is 41.5 Å². The predicted octanol–water partition coefficient (Wildman–Crippen LogP) is 8.98. The van der Waals surface area contributed by atoms with Crippen molar-refractivity contribution in [3.8, 4) is 20.9 Å². The lowest BCUT2D eigenvalue weighted by Gasteiger charge is -2.21. The van der Waals surface area contributed by atoms with Gasteiger partial charge >= 0.3 is 6.09 Å². The van der Waals surface area contributed by atoms with Gasteiger partial charge in [0.05, 0.1) is 37.9 Å². The summed E-state index contributed by atoms with van der Waals surface area (Å²) >= 11 is 12.7. The Bertz CT molecular complexity index is 2640. The maximum atomic E-state index is 12.8. The van der Waals surface area contributed by atoms with E-state index in [1.807, 2.05) is 47.2 Å². The molecule has 60 heavy (non-hydrogen) atoms. The van der Waals surface area contributed by atoms with Crippen LogP contribution in [0.15, 0.2) is 130 Å². The van der Waals surface area contributed by atoms with Gasteiger partial charge in [-0.25, -0.2) is 31.9 Å². The maximum Gasteiger partial charge on any atom is 0.412 e. The van der Waals surface area contributed by atoms with Crippen LogP contribution in [0, 0.1) is 0 Å². The van der Waals surface area contributed by atoms with Crippen molar-refractivity contribution in [2.75, 3.05) is 27.0 Å². The number of rotatable bonds is 9. The highest BCUT2D eigenvalue weighted by atomic mass is 35.5. The zero-order chi connectivity index (χ0) is 44.3. The van der Waals surface area contributed by atoms with Gasteiger partial charge in [-0.2, -0.15) is 0 Å². The highest BCUT2D eigenvalue weighted by Gasteiger charge is 2.19. The molecule has 0 unspecified atom stereocenters. The molecule has 20 heteroatoms. The van der Waals surface area contributed by atoms with E-state index in [9.17, 15) is 31.2 Å². The molecule has 4 aromatic carbocycles. The molecular formula is C40H40Cl2N6O8S4. The number of carbonyl (C=O) groups excluding carboxylic acids is 3. The van der Waals surface area contributed by atoms with Gasteiger partial charge < -0.3 is 21.1 Å². The number of primary sulfonamides is 2. The van der Waals surface area contributed by atoms with E-state index in [1.54, 1.807) is 56.4 Å². The highest BCUT2D eigenvalue weighted by Crippen LogP contribution is 2.33. The van der Waals surface area contributed by atoms with Crippen LogP contribution in [0.5, 0.6) is 0 Å². The van der Waals surface area contributed by atoms with Crippen molar-refractivity contribution in [3.05, 3.63) is 131 Å². The molecule has 316 valence electrons. The summed E-state index contributed by atoms with van der Waals surface area (Å²) in [5.41, 5.74) is 9.24. The molecule has 0 saturated carbocycles. The molecule has 2 heterocycles. The Morgan fingerprint density at radius 1 is 0.617 bits per heavy atom. The van der Waals surface area contributed by atoms with E-state index in [2.05, 4.69) is 16.0 Å². The van der Waals surface area contributed by atoms with E-state index < -0.39 is 43.6 Å². The summed E-state index contributed by atoms with van der Waals surface area (Å²) in [6.07, 6.45) is -0.658. The van der Waals surface area contributed by atoms with Crippen molar-refractivity contribution in [1.29, 1.82) is 0 Å². The molecule has 3 amide bonds. The summed E-state index contributed by atoms with van der Waals surface area (Å²) in [6, 6.07) is 29.1. The number of nitrogens with one attached hydrogen (secondary N) is 3. The number of carbonyl (C=O) groups is 3. The number of anilines is 4. The van der Waals surface area contributed by atoms with Gasteiger partial charge in [-0.1, -0.05) is 24.3 Å². The van der Waals surface area contributed by atoms with Crippen LogP contribution in [-0.2, 0) is 24.8 Å². The number of amides is 3. The van der Waals surface area contributed by atoms with Crippen LogP contribution >= 0.6 is 45.9 Å². The molecule has 0 fully saturated rings. The minimum absolute atomic E-state index is 0.0525. The minimum atomic E-state index is -3.86. The number of nitrogens with two attached hydrogens (primary N) is 3. The molecule has 6 aromatic rings. The molecule has 2 aromatic heterocycles.